The van der Waals surface area contributed by atoms with E-state index in [4.69, 9.17) is 11.1 Å². The van der Waals surface area contributed by atoms with Crippen LogP contribution in [0.1, 0.15) is 12.0 Å². The number of rotatable bonds is 3. The summed E-state index contributed by atoms with van der Waals surface area (Å²) in [4.78, 5) is 13.2. The first kappa shape index (κ1) is 16.9. The van der Waals surface area contributed by atoms with Crippen molar-refractivity contribution in [3.8, 4) is 11.3 Å². The molecule has 2 aliphatic rings. The maximum absolute atomic E-state index is 8.70. The number of likely N-dealkylation sites (tertiary alicyclic amines) is 1. The fourth-order valence-electron chi connectivity index (χ4n) is 3.80. The van der Waals surface area contributed by atoms with Gasteiger partial charge in [0.25, 0.3) is 0 Å². The van der Waals surface area contributed by atoms with E-state index in [1.54, 1.807) is 18.6 Å². The van der Waals surface area contributed by atoms with Gasteiger partial charge in [0.15, 0.2) is 0 Å². The van der Waals surface area contributed by atoms with Gasteiger partial charge in [0.1, 0.15) is 5.84 Å². The van der Waals surface area contributed by atoms with Crippen molar-refractivity contribution in [2.45, 2.75) is 12.5 Å². The molecular formula is C19H25N7. The summed E-state index contributed by atoms with van der Waals surface area (Å²) in [5, 5.41) is 12.1. The fraction of sp³-hybridized carbons (Fsp3) is 0.421. The summed E-state index contributed by atoms with van der Waals surface area (Å²) in [6, 6.07) is 6.29. The molecule has 4 rings (SSSR count). The molecule has 2 aromatic heterocycles. The lowest BCUT2D eigenvalue weighted by atomic mass is 10.1. The summed E-state index contributed by atoms with van der Waals surface area (Å²) < 4.78 is 0. The van der Waals surface area contributed by atoms with Crippen LogP contribution in [0.5, 0.6) is 0 Å². The van der Waals surface area contributed by atoms with Gasteiger partial charge in [0.2, 0.25) is 0 Å². The van der Waals surface area contributed by atoms with E-state index in [9.17, 15) is 0 Å². The molecular weight excluding hydrogens is 326 g/mol. The molecule has 0 spiro atoms. The molecule has 2 saturated heterocycles. The van der Waals surface area contributed by atoms with Gasteiger partial charge in [-0.1, -0.05) is 0 Å². The van der Waals surface area contributed by atoms with Crippen LogP contribution >= 0.6 is 0 Å². The highest BCUT2D eigenvalue weighted by Crippen LogP contribution is 2.24. The third-order valence-electron chi connectivity index (χ3n) is 5.29. The lowest BCUT2D eigenvalue weighted by Crippen LogP contribution is -2.49. The lowest BCUT2D eigenvalue weighted by molar-refractivity contribution is 0.179. The Kier molecular flexibility index (Phi) is 4.81. The van der Waals surface area contributed by atoms with Crippen LogP contribution in [0.4, 0.5) is 5.69 Å². The second kappa shape index (κ2) is 7.39. The van der Waals surface area contributed by atoms with E-state index >= 15 is 0 Å². The number of piperazine rings is 1. The second-order valence-electron chi connectivity index (χ2n) is 6.92. The van der Waals surface area contributed by atoms with Crippen molar-refractivity contribution in [1.82, 2.24) is 25.1 Å². The van der Waals surface area contributed by atoms with Crippen LogP contribution < -0.4 is 11.1 Å². The van der Waals surface area contributed by atoms with Gasteiger partial charge in [-0.05, 0) is 24.6 Å². The normalized spacial score (nSPS) is 21.1. The molecule has 2 aromatic rings. The number of nitrogen functional groups attached to an aromatic ring is 1. The molecule has 7 nitrogen and oxygen atoms in total. The molecule has 0 bridgehead atoms. The van der Waals surface area contributed by atoms with Crippen molar-refractivity contribution >= 4 is 11.5 Å². The van der Waals surface area contributed by atoms with Crippen LogP contribution in [0, 0.1) is 5.41 Å². The van der Waals surface area contributed by atoms with Crippen molar-refractivity contribution in [3.63, 3.8) is 0 Å². The molecule has 136 valence electrons. The van der Waals surface area contributed by atoms with Crippen molar-refractivity contribution < 1.29 is 0 Å². The number of pyridine rings is 2. The summed E-state index contributed by atoms with van der Waals surface area (Å²) in [5.41, 5.74) is 9.18. The maximum atomic E-state index is 8.70. The number of amidine groups is 1. The predicted octanol–water partition coefficient (Wildman–Crippen LogP) is 1.03. The number of anilines is 1. The van der Waals surface area contributed by atoms with Crippen molar-refractivity contribution in [1.29, 1.82) is 5.41 Å². The average Bonchev–Trinajstić information content (AvgIpc) is 3.19. The van der Waals surface area contributed by atoms with Crippen molar-refractivity contribution in [2.75, 3.05) is 45.0 Å². The summed E-state index contributed by atoms with van der Waals surface area (Å²) in [6.07, 6.45) is 6.27. The lowest BCUT2D eigenvalue weighted by Gasteiger charge is -2.32. The van der Waals surface area contributed by atoms with Gasteiger partial charge in [-0.25, -0.2) is 0 Å². The standard InChI is InChI=1S/C19H25N7/c20-17-12-24-18(14-2-1-4-23-11-14)10-16(17)19(21)26-7-3-15(13-26)25-8-5-22-6-9-25/h1-2,4,10-12,15,21-22H,3,5-9,13,20H2. The highest BCUT2D eigenvalue weighted by Gasteiger charge is 2.30. The molecule has 0 aromatic carbocycles. The Morgan fingerprint density at radius 1 is 1.23 bits per heavy atom. The largest absolute Gasteiger partial charge is 0.397 e. The summed E-state index contributed by atoms with van der Waals surface area (Å²) in [5.74, 6) is 0.493. The molecule has 1 unspecified atom stereocenters. The number of nitrogens with two attached hydrogens (primary N) is 1. The Morgan fingerprint density at radius 2 is 2.08 bits per heavy atom. The topological polar surface area (TPSA) is 94.2 Å². The first-order valence-corrected chi connectivity index (χ1v) is 9.17. The zero-order valence-corrected chi connectivity index (χ0v) is 14.9. The molecule has 0 radical (unpaired) electrons. The monoisotopic (exact) mass is 351 g/mol. The summed E-state index contributed by atoms with van der Waals surface area (Å²) in [6.45, 7) is 6.09. The summed E-state index contributed by atoms with van der Waals surface area (Å²) in [7, 11) is 0. The number of nitrogens with zero attached hydrogens (tertiary/aromatic N) is 4. The molecule has 0 aliphatic carbocycles. The second-order valence-corrected chi connectivity index (χ2v) is 6.92. The molecule has 1 atom stereocenters. The van der Waals surface area contributed by atoms with Crippen molar-refractivity contribution in [2.24, 2.45) is 0 Å². The number of hydrogen-bond acceptors (Lipinski definition) is 6. The SMILES string of the molecule is N=C(c1cc(-c2cccnc2)ncc1N)N1CCC(N2CCNCC2)C1. The first-order valence-electron chi connectivity index (χ1n) is 9.17. The Hall–Kier alpha value is -2.51. The molecule has 4 N–H and O–H groups in total. The zero-order valence-electron chi connectivity index (χ0n) is 14.9. The minimum absolute atomic E-state index is 0.493. The van der Waals surface area contributed by atoms with Gasteiger partial charge < -0.3 is 16.0 Å². The molecule has 26 heavy (non-hydrogen) atoms. The fourth-order valence-corrected chi connectivity index (χ4v) is 3.80. The number of nitrogens with one attached hydrogen (secondary N) is 2. The highest BCUT2D eigenvalue weighted by atomic mass is 15.3. The van der Waals surface area contributed by atoms with Crippen LogP contribution in [0.25, 0.3) is 11.3 Å². The highest BCUT2D eigenvalue weighted by molar-refractivity contribution is 6.01. The van der Waals surface area contributed by atoms with E-state index in [0.717, 1.165) is 62.5 Å². The van der Waals surface area contributed by atoms with E-state index < -0.39 is 0 Å². The average molecular weight is 351 g/mol. The third kappa shape index (κ3) is 3.40. The smallest absolute Gasteiger partial charge is 0.130 e. The molecule has 7 heteroatoms. The van der Waals surface area contributed by atoms with Gasteiger partial charge in [-0.15, -0.1) is 0 Å². The minimum atomic E-state index is 0.493. The van der Waals surface area contributed by atoms with Gasteiger partial charge in [0, 0.05) is 68.8 Å². The molecule has 0 amide bonds. The summed E-state index contributed by atoms with van der Waals surface area (Å²) >= 11 is 0. The van der Waals surface area contributed by atoms with E-state index in [0.29, 0.717) is 17.6 Å². The van der Waals surface area contributed by atoms with Crippen molar-refractivity contribution in [3.05, 3.63) is 42.4 Å². The van der Waals surface area contributed by atoms with Crippen LogP contribution in [0.2, 0.25) is 0 Å². The molecule has 0 saturated carbocycles. The minimum Gasteiger partial charge on any atom is -0.397 e. The van der Waals surface area contributed by atoms with Gasteiger partial charge in [-0.2, -0.15) is 0 Å². The number of aromatic nitrogens is 2. The third-order valence-corrected chi connectivity index (χ3v) is 5.29. The van der Waals surface area contributed by atoms with Crippen LogP contribution in [-0.4, -0.2) is 70.9 Å². The predicted molar refractivity (Wildman–Crippen MR) is 103 cm³/mol. The Bertz CT molecular complexity index is 771. The molecule has 2 aliphatic heterocycles. The van der Waals surface area contributed by atoms with Gasteiger partial charge in [-0.3, -0.25) is 20.3 Å². The maximum Gasteiger partial charge on any atom is 0.130 e. The first-order chi connectivity index (χ1) is 12.7. The molecule has 4 heterocycles. The van der Waals surface area contributed by atoms with Crippen LogP contribution in [0.15, 0.2) is 36.8 Å². The van der Waals surface area contributed by atoms with E-state index in [-0.39, 0.29) is 0 Å². The molecule has 2 fully saturated rings. The quantitative estimate of drug-likeness (QED) is 0.565. The van der Waals surface area contributed by atoms with Crippen LogP contribution in [0.3, 0.4) is 0 Å². The van der Waals surface area contributed by atoms with Gasteiger partial charge >= 0.3 is 0 Å². The zero-order chi connectivity index (χ0) is 17.9. The van der Waals surface area contributed by atoms with Crippen LogP contribution in [-0.2, 0) is 0 Å². The van der Waals surface area contributed by atoms with E-state index in [2.05, 4.69) is 25.1 Å². The Morgan fingerprint density at radius 3 is 2.85 bits per heavy atom. The Balaban J connectivity index is 1.51. The van der Waals surface area contributed by atoms with E-state index in [1.165, 1.54) is 0 Å². The number of hydrogen-bond donors (Lipinski definition) is 3. The van der Waals surface area contributed by atoms with Gasteiger partial charge in [0.05, 0.1) is 17.6 Å². The van der Waals surface area contributed by atoms with E-state index in [1.807, 2.05) is 18.2 Å². The Labute approximate surface area is 153 Å².